The molecule has 0 aliphatic carbocycles. The van der Waals surface area contributed by atoms with Crippen LogP contribution in [0.15, 0.2) is 48.5 Å². The molecule has 1 aliphatic heterocycles. The van der Waals surface area contributed by atoms with Gasteiger partial charge in [-0.05, 0) is 18.2 Å². The standard InChI is InChI=1S/C19H16N6O3/c26-25(27)16-8-4-2-6-14(16)18-22-21-17-13-5-1-3-7-15(13)20-19(24(17)18)23-9-11-28-12-10-23/h1-8H,9-12H2. The highest BCUT2D eigenvalue weighted by atomic mass is 16.6. The van der Waals surface area contributed by atoms with Crippen LogP contribution in [0.5, 0.6) is 0 Å². The zero-order valence-corrected chi connectivity index (χ0v) is 14.9. The molecule has 0 unspecified atom stereocenters. The molecule has 1 fully saturated rings. The molecule has 28 heavy (non-hydrogen) atoms. The number of nitrogens with zero attached hydrogens (tertiary/aromatic N) is 6. The molecule has 1 saturated heterocycles. The van der Waals surface area contributed by atoms with E-state index in [-0.39, 0.29) is 5.69 Å². The first-order chi connectivity index (χ1) is 13.7. The predicted molar refractivity (Wildman–Crippen MR) is 103 cm³/mol. The second kappa shape index (κ2) is 6.54. The molecule has 0 bridgehead atoms. The zero-order valence-electron chi connectivity index (χ0n) is 14.9. The summed E-state index contributed by atoms with van der Waals surface area (Å²) in [4.78, 5) is 18.1. The monoisotopic (exact) mass is 376 g/mol. The Morgan fingerprint density at radius 2 is 1.75 bits per heavy atom. The minimum absolute atomic E-state index is 0.0158. The Morgan fingerprint density at radius 3 is 2.57 bits per heavy atom. The summed E-state index contributed by atoms with van der Waals surface area (Å²) < 4.78 is 7.28. The van der Waals surface area contributed by atoms with Crippen molar-refractivity contribution >= 4 is 28.2 Å². The van der Waals surface area contributed by atoms with Crippen molar-refractivity contribution in [1.82, 2.24) is 19.6 Å². The van der Waals surface area contributed by atoms with E-state index in [2.05, 4.69) is 15.1 Å². The molecule has 0 saturated carbocycles. The summed E-state index contributed by atoms with van der Waals surface area (Å²) in [7, 11) is 0. The van der Waals surface area contributed by atoms with E-state index in [4.69, 9.17) is 9.72 Å². The van der Waals surface area contributed by atoms with E-state index in [1.807, 2.05) is 28.7 Å². The molecule has 0 radical (unpaired) electrons. The van der Waals surface area contributed by atoms with Gasteiger partial charge in [0, 0.05) is 24.5 Å². The number of hydrogen-bond acceptors (Lipinski definition) is 7. The lowest BCUT2D eigenvalue weighted by Gasteiger charge is -2.28. The smallest absolute Gasteiger partial charge is 0.280 e. The molecule has 3 heterocycles. The van der Waals surface area contributed by atoms with Gasteiger partial charge in [0.05, 0.1) is 29.2 Å². The summed E-state index contributed by atoms with van der Waals surface area (Å²) in [6.07, 6.45) is 0. The second-order valence-corrected chi connectivity index (χ2v) is 6.49. The van der Waals surface area contributed by atoms with Gasteiger partial charge in [-0.15, -0.1) is 10.2 Å². The van der Waals surface area contributed by atoms with E-state index in [1.165, 1.54) is 6.07 Å². The normalized spacial score (nSPS) is 14.6. The van der Waals surface area contributed by atoms with Gasteiger partial charge in [0.1, 0.15) is 0 Å². The van der Waals surface area contributed by atoms with Crippen LogP contribution < -0.4 is 4.90 Å². The van der Waals surface area contributed by atoms with Gasteiger partial charge < -0.3 is 9.64 Å². The third-order valence-electron chi connectivity index (χ3n) is 4.86. The summed E-state index contributed by atoms with van der Waals surface area (Å²) in [5, 5.41) is 21.1. The van der Waals surface area contributed by atoms with Crippen molar-refractivity contribution in [3.05, 3.63) is 58.6 Å². The lowest BCUT2D eigenvalue weighted by molar-refractivity contribution is -0.384. The van der Waals surface area contributed by atoms with E-state index in [0.717, 1.165) is 10.9 Å². The molecule has 9 heteroatoms. The van der Waals surface area contributed by atoms with Crippen molar-refractivity contribution in [2.24, 2.45) is 0 Å². The largest absolute Gasteiger partial charge is 0.378 e. The molecular formula is C19H16N6O3. The van der Waals surface area contributed by atoms with Gasteiger partial charge in [0.15, 0.2) is 11.5 Å². The Kier molecular flexibility index (Phi) is 3.87. The van der Waals surface area contributed by atoms with Gasteiger partial charge in [-0.25, -0.2) is 9.38 Å². The fourth-order valence-corrected chi connectivity index (χ4v) is 3.54. The number of nitro benzene ring substituents is 1. The molecule has 9 nitrogen and oxygen atoms in total. The summed E-state index contributed by atoms with van der Waals surface area (Å²) in [5.41, 5.74) is 1.82. The van der Waals surface area contributed by atoms with Crippen LogP contribution in [0.4, 0.5) is 11.6 Å². The minimum atomic E-state index is -0.403. The van der Waals surface area contributed by atoms with Crippen LogP contribution in [-0.4, -0.2) is 50.8 Å². The van der Waals surface area contributed by atoms with Gasteiger partial charge in [-0.3, -0.25) is 10.1 Å². The third-order valence-corrected chi connectivity index (χ3v) is 4.86. The highest BCUT2D eigenvalue weighted by molar-refractivity contribution is 5.93. The average molecular weight is 376 g/mol. The number of nitro groups is 1. The van der Waals surface area contributed by atoms with E-state index >= 15 is 0 Å². The van der Waals surface area contributed by atoms with Crippen LogP contribution in [0, 0.1) is 10.1 Å². The number of ether oxygens (including phenoxy) is 1. The fourth-order valence-electron chi connectivity index (χ4n) is 3.54. The van der Waals surface area contributed by atoms with Crippen LogP contribution in [0.1, 0.15) is 0 Å². The maximum absolute atomic E-state index is 11.6. The summed E-state index contributed by atoms with van der Waals surface area (Å²) in [6, 6.07) is 14.3. The van der Waals surface area contributed by atoms with Crippen molar-refractivity contribution in [3.63, 3.8) is 0 Å². The molecule has 0 N–H and O–H groups in total. The summed E-state index contributed by atoms with van der Waals surface area (Å²) >= 11 is 0. The Hall–Kier alpha value is -3.59. The summed E-state index contributed by atoms with van der Waals surface area (Å²) in [5.74, 6) is 1.07. The van der Waals surface area contributed by atoms with Crippen molar-refractivity contribution in [3.8, 4) is 11.4 Å². The number of morpholine rings is 1. The van der Waals surface area contributed by atoms with E-state index in [1.54, 1.807) is 18.2 Å². The molecule has 0 atom stereocenters. The van der Waals surface area contributed by atoms with Crippen LogP contribution in [0.25, 0.3) is 27.9 Å². The quantitative estimate of drug-likeness (QED) is 0.400. The minimum Gasteiger partial charge on any atom is -0.378 e. The van der Waals surface area contributed by atoms with Gasteiger partial charge in [0.2, 0.25) is 5.95 Å². The van der Waals surface area contributed by atoms with Crippen LogP contribution in [0.2, 0.25) is 0 Å². The van der Waals surface area contributed by atoms with Gasteiger partial charge in [-0.2, -0.15) is 0 Å². The maximum Gasteiger partial charge on any atom is 0.280 e. The Bertz CT molecular complexity index is 1200. The number of hydrogen-bond donors (Lipinski definition) is 0. The molecule has 5 rings (SSSR count). The SMILES string of the molecule is O=[N+]([O-])c1ccccc1-c1nnc2c3ccccc3nc(N3CCOCC3)n12. The maximum atomic E-state index is 11.6. The van der Waals surface area contributed by atoms with E-state index in [9.17, 15) is 10.1 Å². The number of fused-ring (bicyclic) bond motifs is 3. The molecule has 0 spiro atoms. The van der Waals surface area contributed by atoms with Crippen LogP contribution in [0.3, 0.4) is 0 Å². The highest BCUT2D eigenvalue weighted by Crippen LogP contribution is 2.33. The van der Waals surface area contributed by atoms with Gasteiger partial charge >= 0.3 is 0 Å². The van der Waals surface area contributed by atoms with E-state index in [0.29, 0.717) is 49.3 Å². The second-order valence-electron chi connectivity index (χ2n) is 6.49. The van der Waals surface area contributed by atoms with Crippen molar-refractivity contribution in [1.29, 1.82) is 0 Å². The zero-order chi connectivity index (χ0) is 19.1. The lowest BCUT2D eigenvalue weighted by atomic mass is 10.1. The van der Waals surface area contributed by atoms with Crippen molar-refractivity contribution in [2.75, 3.05) is 31.2 Å². The summed E-state index contributed by atoms with van der Waals surface area (Å²) in [6.45, 7) is 2.54. The first-order valence-electron chi connectivity index (χ1n) is 8.94. The van der Waals surface area contributed by atoms with Crippen LogP contribution >= 0.6 is 0 Å². The van der Waals surface area contributed by atoms with Crippen molar-refractivity contribution < 1.29 is 9.66 Å². The molecule has 1 aliphatic rings. The van der Waals surface area contributed by atoms with E-state index < -0.39 is 4.92 Å². The molecule has 140 valence electrons. The fraction of sp³-hybridized carbons (Fsp3) is 0.211. The van der Waals surface area contributed by atoms with Crippen LogP contribution in [-0.2, 0) is 4.74 Å². The Morgan fingerprint density at radius 1 is 1.00 bits per heavy atom. The third kappa shape index (κ3) is 2.55. The number of para-hydroxylation sites is 2. The molecule has 2 aromatic carbocycles. The first-order valence-corrected chi connectivity index (χ1v) is 8.94. The molecule has 0 amide bonds. The Labute approximate surface area is 159 Å². The number of anilines is 1. The first kappa shape index (κ1) is 16.6. The predicted octanol–water partition coefficient (Wildman–Crippen LogP) is 2.69. The highest BCUT2D eigenvalue weighted by Gasteiger charge is 2.25. The number of benzene rings is 2. The number of aromatic nitrogens is 4. The topological polar surface area (TPSA) is 98.7 Å². The molecule has 2 aromatic heterocycles. The Balaban J connectivity index is 1.84. The van der Waals surface area contributed by atoms with Gasteiger partial charge in [-0.1, -0.05) is 24.3 Å². The van der Waals surface area contributed by atoms with Gasteiger partial charge in [0.25, 0.3) is 5.69 Å². The number of rotatable bonds is 3. The van der Waals surface area contributed by atoms with Crippen molar-refractivity contribution in [2.45, 2.75) is 0 Å². The lowest BCUT2D eigenvalue weighted by Crippen LogP contribution is -2.38. The molecule has 4 aromatic rings. The molecular weight excluding hydrogens is 360 g/mol. The average Bonchev–Trinajstić information content (AvgIpc) is 3.19.